The molecule has 1 saturated heterocycles. The highest BCUT2D eigenvalue weighted by Gasteiger charge is 2.37. The van der Waals surface area contributed by atoms with Gasteiger partial charge in [-0.2, -0.15) is 4.98 Å². The third-order valence-electron chi connectivity index (χ3n) is 8.56. The SMILES string of the molecule is Cc1nc(-c2ccc(N3CCC[C@](C)(C[C@@H]4CCCC[C@H]4Nc4ncc(-c5cccc(C(N)=O)c5)o4)C3)cn2)no1. The molecule has 10 heteroatoms. The number of anilines is 2. The minimum atomic E-state index is -0.461. The van der Waals surface area contributed by atoms with Crippen LogP contribution in [0, 0.1) is 18.3 Å². The topological polar surface area (TPSA) is 136 Å². The summed E-state index contributed by atoms with van der Waals surface area (Å²) in [5, 5.41) is 7.60. The number of carbonyl (C=O) groups excluding carboxylic acids is 1. The number of oxazole rings is 1. The molecule has 0 unspecified atom stereocenters. The molecule has 41 heavy (non-hydrogen) atoms. The average molecular weight is 556 g/mol. The lowest BCUT2D eigenvalue weighted by atomic mass is 9.70. The van der Waals surface area contributed by atoms with Crippen LogP contribution in [0.3, 0.4) is 0 Å². The Morgan fingerprint density at radius 2 is 2.02 bits per heavy atom. The number of hydrogen-bond donors (Lipinski definition) is 2. The molecule has 2 fully saturated rings. The number of aryl methyl sites for hydroxylation is 1. The van der Waals surface area contributed by atoms with Gasteiger partial charge in [0.05, 0.1) is 18.1 Å². The summed E-state index contributed by atoms with van der Waals surface area (Å²) in [6, 6.07) is 12.1. The first-order chi connectivity index (χ1) is 19.8. The molecule has 0 bridgehead atoms. The van der Waals surface area contributed by atoms with Crippen molar-refractivity contribution in [1.82, 2.24) is 20.1 Å². The Labute approximate surface area is 239 Å². The molecular weight excluding hydrogens is 518 g/mol. The van der Waals surface area contributed by atoms with Crippen molar-refractivity contribution in [3.8, 4) is 22.8 Å². The highest BCUT2D eigenvalue weighted by Crippen LogP contribution is 2.42. The minimum Gasteiger partial charge on any atom is -0.424 e. The van der Waals surface area contributed by atoms with Gasteiger partial charge < -0.3 is 24.9 Å². The van der Waals surface area contributed by atoms with Crippen molar-refractivity contribution < 1.29 is 13.7 Å². The van der Waals surface area contributed by atoms with Crippen molar-refractivity contribution in [2.45, 2.75) is 64.8 Å². The standard InChI is InChI=1S/C31H37N7O3/c1-20-35-29(37-41-20)26-12-11-24(17-33-26)38-14-6-13-31(2,19-38)16-23-7-3-4-10-25(23)36-30-34-18-27(40-30)21-8-5-9-22(15-21)28(32)39/h5,8-9,11-12,15,17-18,23,25H,3-4,6-7,10,13-14,16,19H2,1-2H3,(H2,32,39)(H,34,36)/t23-,25+,31+/m0/s1. The maximum absolute atomic E-state index is 11.6. The molecule has 10 nitrogen and oxygen atoms in total. The monoisotopic (exact) mass is 555 g/mol. The summed E-state index contributed by atoms with van der Waals surface area (Å²) in [6.07, 6.45) is 11.9. The minimum absolute atomic E-state index is 0.195. The van der Waals surface area contributed by atoms with Gasteiger partial charge in [0.2, 0.25) is 17.6 Å². The number of primary amides is 1. The van der Waals surface area contributed by atoms with E-state index in [4.69, 9.17) is 14.7 Å². The van der Waals surface area contributed by atoms with Crippen LogP contribution in [-0.4, -0.2) is 45.1 Å². The molecule has 1 aromatic carbocycles. The number of carbonyl (C=O) groups is 1. The van der Waals surface area contributed by atoms with E-state index in [0.717, 1.165) is 49.3 Å². The summed E-state index contributed by atoms with van der Waals surface area (Å²) in [5.74, 6) is 1.74. The number of amides is 1. The number of hydrogen-bond acceptors (Lipinski definition) is 9. The van der Waals surface area contributed by atoms with Crippen molar-refractivity contribution in [3.63, 3.8) is 0 Å². The van der Waals surface area contributed by atoms with Crippen molar-refractivity contribution in [2.75, 3.05) is 23.3 Å². The van der Waals surface area contributed by atoms with Gasteiger partial charge in [-0.15, -0.1) is 0 Å². The van der Waals surface area contributed by atoms with E-state index in [1.54, 1.807) is 31.3 Å². The molecule has 3 aromatic heterocycles. The average Bonchev–Trinajstić information content (AvgIpc) is 3.63. The molecule has 6 rings (SSSR count). The zero-order valence-electron chi connectivity index (χ0n) is 23.7. The molecule has 4 heterocycles. The Kier molecular flexibility index (Phi) is 7.47. The van der Waals surface area contributed by atoms with E-state index in [1.165, 1.54) is 25.7 Å². The molecule has 1 aliphatic heterocycles. The van der Waals surface area contributed by atoms with Gasteiger partial charge >= 0.3 is 0 Å². The third kappa shape index (κ3) is 6.11. The summed E-state index contributed by atoms with van der Waals surface area (Å²) in [4.78, 5) is 27.5. The summed E-state index contributed by atoms with van der Waals surface area (Å²) in [7, 11) is 0. The summed E-state index contributed by atoms with van der Waals surface area (Å²) in [5.41, 5.74) is 8.73. The Morgan fingerprint density at radius 1 is 1.15 bits per heavy atom. The predicted molar refractivity (Wildman–Crippen MR) is 156 cm³/mol. The maximum atomic E-state index is 11.6. The van der Waals surface area contributed by atoms with Crippen LogP contribution in [0.1, 0.15) is 68.1 Å². The van der Waals surface area contributed by atoms with Crippen molar-refractivity contribution in [2.24, 2.45) is 17.1 Å². The first-order valence-corrected chi connectivity index (χ1v) is 14.5. The lowest BCUT2D eigenvalue weighted by Crippen LogP contribution is -2.45. The fourth-order valence-corrected chi connectivity index (χ4v) is 6.54. The van der Waals surface area contributed by atoms with Gasteiger partial charge in [-0.25, -0.2) is 4.98 Å². The number of piperidine rings is 1. The zero-order valence-corrected chi connectivity index (χ0v) is 23.7. The number of nitrogens with one attached hydrogen (secondary N) is 1. The van der Waals surface area contributed by atoms with Gasteiger partial charge in [0.25, 0.3) is 6.01 Å². The van der Waals surface area contributed by atoms with Crippen LogP contribution in [0.5, 0.6) is 0 Å². The highest BCUT2D eigenvalue weighted by atomic mass is 16.5. The number of benzene rings is 1. The molecular formula is C31H37N7O3. The lowest BCUT2D eigenvalue weighted by molar-refractivity contribution is 0.100. The Balaban J connectivity index is 1.11. The first-order valence-electron chi connectivity index (χ1n) is 14.5. The predicted octanol–water partition coefficient (Wildman–Crippen LogP) is 5.86. The molecule has 1 saturated carbocycles. The summed E-state index contributed by atoms with van der Waals surface area (Å²) >= 11 is 0. The van der Waals surface area contributed by atoms with E-state index in [2.05, 4.69) is 43.3 Å². The first kappa shape index (κ1) is 27.0. The van der Waals surface area contributed by atoms with Gasteiger partial charge in [0.15, 0.2) is 5.76 Å². The maximum Gasteiger partial charge on any atom is 0.295 e. The second-order valence-electron chi connectivity index (χ2n) is 11.8. The quantitative estimate of drug-likeness (QED) is 0.274. The molecule has 214 valence electrons. The summed E-state index contributed by atoms with van der Waals surface area (Å²) < 4.78 is 11.2. The van der Waals surface area contributed by atoms with Crippen molar-refractivity contribution in [3.05, 3.63) is 60.2 Å². The third-order valence-corrected chi connectivity index (χ3v) is 8.56. The number of nitrogens with two attached hydrogens (primary N) is 1. The molecule has 0 radical (unpaired) electrons. The molecule has 0 spiro atoms. The number of aromatic nitrogens is 4. The van der Waals surface area contributed by atoms with E-state index in [0.29, 0.717) is 41.0 Å². The van der Waals surface area contributed by atoms with Gasteiger partial charge in [0, 0.05) is 37.2 Å². The molecule has 3 N–H and O–H groups in total. The number of nitrogens with zero attached hydrogens (tertiary/aromatic N) is 5. The molecule has 1 aliphatic carbocycles. The van der Waals surface area contributed by atoms with E-state index in [-0.39, 0.29) is 5.41 Å². The normalized spacial score (nSPS) is 22.9. The van der Waals surface area contributed by atoms with Crippen molar-refractivity contribution in [1.29, 1.82) is 0 Å². The molecule has 1 amide bonds. The molecule has 3 atom stereocenters. The second kappa shape index (κ2) is 11.3. The summed E-state index contributed by atoms with van der Waals surface area (Å²) in [6.45, 7) is 6.24. The van der Waals surface area contributed by atoms with Crippen LogP contribution in [0.4, 0.5) is 11.7 Å². The van der Waals surface area contributed by atoms with Gasteiger partial charge in [-0.1, -0.05) is 37.1 Å². The van der Waals surface area contributed by atoms with Crippen molar-refractivity contribution >= 4 is 17.6 Å². The van der Waals surface area contributed by atoms with Crippen LogP contribution >= 0.6 is 0 Å². The largest absolute Gasteiger partial charge is 0.424 e. The Morgan fingerprint density at radius 3 is 2.80 bits per heavy atom. The zero-order chi connectivity index (χ0) is 28.4. The molecule has 4 aromatic rings. The van der Waals surface area contributed by atoms with Crippen LogP contribution in [0.2, 0.25) is 0 Å². The van der Waals surface area contributed by atoms with Crippen LogP contribution in [-0.2, 0) is 0 Å². The Bertz CT molecular complexity index is 1500. The second-order valence-corrected chi connectivity index (χ2v) is 11.8. The van der Waals surface area contributed by atoms with Crippen LogP contribution in [0.15, 0.2) is 57.7 Å². The lowest BCUT2D eigenvalue weighted by Gasteiger charge is -2.45. The van der Waals surface area contributed by atoms with Gasteiger partial charge in [0.1, 0.15) is 5.69 Å². The Hall–Kier alpha value is -4.21. The van der Waals surface area contributed by atoms with E-state index in [1.807, 2.05) is 18.3 Å². The van der Waals surface area contributed by atoms with Gasteiger partial charge in [-0.05, 0) is 67.7 Å². The van der Waals surface area contributed by atoms with E-state index in [9.17, 15) is 4.79 Å². The molecule has 2 aliphatic rings. The van der Waals surface area contributed by atoms with Crippen LogP contribution < -0.4 is 16.0 Å². The fourth-order valence-electron chi connectivity index (χ4n) is 6.54. The smallest absolute Gasteiger partial charge is 0.295 e. The number of rotatable bonds is 8. The van der Waals surface area contributed by atoms with Gasteiger partial charge in [-0.3, -0.25) is 9.78 Å². The van der Waals surface area contributed by atoms with Crippen LogP contribution in [0.25, 0.3) is 22.8 Å². The van der Waals surface area contributed by atoms with E-state index < -0.39 is 5.91 Å². The van der Waals surface area contributed by atoms with E-state index >= 15 is 0 Å². The highest BCUT2D eigenvalue weighted by molar-refractivity contribution is 5.93. The fraction of sp³-hybridized carbons (Fsp3) is 0.452. The number of pyridine rings is 1.